The van der Waals surface area contributed by atoms with Crippen LogP contribution in [0.2, 0.25) is 0 Å². The van der Waals surface area contributed by atoms with Crippen molar-refractivity contribution in [2.24, 2.45) is 0 Å². The maximum atomic E-state index is 2.36. The lowest BCUT2D eigenvalue weighted by Gasteiger charge is -2.19. The van der Waals surface area contributed by atoms with Crippen molar-refractivity contribution in [1.29, 1.82) is 0 Å². The number of anilines is 1. The van der Waals surface area contributed by atoms with Crippen LogP contribution in [-0.2, 0) is 19.4 Å². The first-order chi connectivity index (χ1) is 8.86. The topological polar surface area (TPSA) is 3.24 Å². The van der Waals surface area contributed by atoms with Gasteiger partial charge in [-0.2, -0.15) is 0 Å². The molecule has 0 unspecified atom stereocenters. The fraction of sp³-hybridized carbons (Fsp3) is 0.235. The van der Waals surface area contributed by atoms with Gasteiger partial charge >= 0.3 is 0 Å². The largest absolute Gasteiger partial charge is 0.362 e. The van der Waals surface area contributed by atoms with Crippen molar-refractivity contribution in [3.8, 4) is 0 Å². The molecule has 0 saturated heterocycles. The van der Waals surface area contributed by atoms with E-state index < -0.39 is 0 Å². The molecule has 0 aliphatic carbocycles. The molecule has 2 aromatic rings. The van der Waals surface area contributed by atoms with Gasteiger partial charge in [-0.1, -0.05) is 49.4 Å². The lowest BCUT2D eigenvalue weighted by Crippen LogP contribution is -2.15. The molecule has 0 spiro atoms. The summed E-state index contributed by atoms with van der Waals surface area (Å²) in [4.78, 5) is 2.36. The van der Waals surface area contributed by atoms with Gasteiger partial charge in [-0.15, -0.1) is 0 Å². The van der Waals surface area contributed by atoms with Gasteiger partial charge in [0.05, 0.1) is 6.54 Å². The molecule has 0 fully saturated rings. The van der Waals surface area contributed by atoms with Crippen LogP contribution >= 0.6 is 0 Å². The number of benzene rings is 2. The molecule has 1 aliphatic heterocycles. The first kappa shape index (κ1) is 11.3. The summed E-state index contributed by atoms with van der Waals surface area (Å²) < 4.78 is 0. The van der Waals surface area contributed by atoms with E-state index in [9.17, 15) is 0 Å². The van der Waals surface area contributed by atoms with Gasteiger partial charge in [0.15, 0.2) is 0 Å². The van der Waals surface area contributed by atoms with E-state index in [1.165, 1.54) is 22.4 Å². The maximum Gasteiger partial charge on any atom is 0.0541 e. The number of nitrogens with zero attached hydrogens (tertiary/aromatic N) is 1. The highest BCUT2D eigenvalue weighted by Crippen LogP contribution is 2.31. The molecule has 0 atom stereocenters. The van der Waals surface area contributed by atoms with Crippen LogP contribution in [0.25, 0.3) is 0 Å². The van der Waals surface area contributed by atoms with Gasteiger partial charge in [0.2, 0.25) is 0 Å². The Balaban J connectivity index is 1.77. The van der Waals surface area contributed by atoms with Crippen LogP contribution in [0.5, 0.6) is 0 Å². The number of aryl methyl sites for hydroxylation is 1. The van der Waals surface area contributed by atoms with Gasteiger partial charge in [0.1, 0.15) is 0 Å². The van der Waals surface area contributed by atoms with Crippen LogP contribution in [0, 0.1) is 6.54 Å². The normalized spacial score (nSPS) is 13.7. The van der Waals surface area contributed by atoms with Crippen molar-refractivity contribution in [1.82, 2.24) is 0 Å². The summed E-state index contributed by atoms with van der Waals surface area (Å²) >= 11 is 0. The van der Waals surface area contributed by atoms with Crippen LogP contribution < -0.4 is 4.90 Å². The average molecular weight is 236 g/mol. The Hall–Kier alpha value is -1.76. The molecule has 0 N–H and O–H groups in total. The average Bonchev–Trinajstić information content (AvgIpc) is 2.83. The molecule has 3 rings (SSSR count). The molecule has 1 radical (unpaired) electrons. The van der Waals surface area contributed by atoms with Crippen molar-refractivity contribution < 1.29 is 0 Å². The number of fused-ring (bicyclic) bond motifs is 1. The van der Waals surface area contributed by atoms with E-state index in [4.69, 9.17) is 0 Å². The summed E-state index contributed by atoms with van der Waals surface area (Å²) in [6.07, 6.45) is 2.17. The van der Waals surface area contributed by atoms with E-state index in [1.54, 1.807) is 0 Å². The summed E-state index contributed by atoms with van der Waals surface area (Å²) in [6.45, 7) is 5.46. The smallest absolute Gasteiger partial charge is 0.0541 e. The third-order valence-corrected chi connectivity index (χ3v) is 3.62. The SMILES string of the molecule is CCc1ccc(CN2[CH]Cc3ccccc32)cc1. The van der Waals surface area contributed by atoms with Crippen LogP contribution in [-0.4, -0.2) is 0 Å². The third kappa shape index (κ3) is 2.13. The number of para-hydroxylation sites is 1. The first-order valence-corrected chi connectivity index (χ1v) is 6.62. The zero-order chi connectivity index (χ0) is 12.4. The molecular formula is C17H18N. The standard InChI is InChI=1S/C17H18N/c1-2-14-7-9-15(10-8-14)13-18-12-11-16-5-3-4-6-17(16)18/h3-10,12H,2,11,13H2,1H3. The highest BCUT2D eigenvalue weighted by molar-refractivity contribution is 5.60. The molecular weight excluding hydrogens is 218 g/mol. The van der Waals surface area contributed by atoms with E-state index in [-0.39, 0.29) is 0 Å². The van der Waals surface area contributed by atoms with Crippen molar-refractivity contribution in [3.63, 3.8) is 0 Å². The Morgan fingerprint density at radius 2 is 1.67 bits per heavy atom. The molecule has 1 heteroatoms. The minimum absolute atomic E-state index is 0.973. The zero-order valence-electron chi connectivity index (χ0n) is 10.8. The van der Waals surface area contributed by atoms with E-state index in [1.807, 2.05) is 0 Å². The van der Waals surface area contributed by atoms with Crippen molar-refractivity contribution in [3.05, 3.63) is 71.8 Å². The summed E-state index contributed by atoms with van der Waals surface area (Å²) in [5.74, 6) is 0. The third-order valence-electron chi connectivity index (χ3n) is 3.62. The van der Waals surface area contributed by atoms with Gasteiger partial charge in [0, 0.05) is 12.2 Å². The highest BCUT2D eigenvalue weighted by atomic mass is 15.1. The van der Waals surface area contributed by atoms with Crippen LogP contribution in [0.15, 0.2) is 48.5 Å². The van der Waals surface area contributed by atoms with Crippen LogP contribution in [0.4, 0.5) is 5.69 Å². The molecule has 0 saturated carbocycles. The van der Waals surface area contributed by atoms with E-state index in [2.05, 4.69) is 66.9 Å². The molecule has 0 bridgehead atoms. The molecule has 0 aromatic heterocycles. The summed E-state index contributed by atoms with van der Waals surface area (Å²) in [7, 11) is 0. The monoisotopic (exact) mass is 236 g/mol. The minimum Gasteiger partial charge on any atom is -0.362 e. The fourth-order valence-corrected chi connectivity index (χ4v) is 2.50. The van der Waals surface area contributed by atoms with Crippen LogP contribution in [0.1, 0.15) is 23.6 Å². The Labute approximate surface area is 109 Å². The van der Waals surface area contributed by atoms with E-state index in [0.29, 0.717) is 0 Å². The molecule has 1 nitrogen and oxygen atoms in total. The van der Waals surface area contributed by atoms with Gasteiger partial charge < -0.3 is 4.90 Å². The second-order valence-corrected chi connectivity index (χ2v) is 4.81. The lowest BCUT2D eigenvalue weighted by atomic mass is 10.1. The Kier molecular flexibility index (Phi) is 3.06. The van der Waals surface area contributed by atoms with Gasteiger partial charge in [-0.05, 0) is 35.6 Å². The molecule has 0 amide bonds. The van der Waals surface area contributed by atoms with Crippen LogP contribution in [0.3, 0.4) is 0 Å². The molecule has 18 heavy (non-hydrogen) atoms. The molecule has 91 valence electrons. The first-order valence-electron chi connectivity index (χ1n) is 6.62. The van der Waals surface area contributed by atoms with Crippen molar-refractivity contribution in [2.45, 2.75) is 26.3 Å². The van der Waals surface area contributed by atoms with Gasteiger partial charge in [0.25, 0.3) is 0 Å². The predicted molar refractivity (Wildman–Crippen MR) is 76.4 cm³/mol. The predicted octanol–water partition coefficient (Wildman–Crippen LogP) is 3.97. The highest BCUT2D eigenvalue weighted by Gasteiger charge is 2.18. The van der Waals surface area contributed by atoms with E-state index in [0.717, 1.165) is 19.4 Å². The fourth-order valence-electron chi connectivity index (χ4n) is 2.50. The summed E-state index contributed by atoms with van der Waals surface area (Å²) in [5.41, 5.74) is 5.57. The van der Waals surface area contributed by atoms with E-state index >= 15 is 0 Å². The van der Waals surface area contributed by atoms with Gasteiger partial charge in [-0.3, -0.25) is 0 Å². The lowest BCUT2D eigenvalue weighted by molar-refractivity contribution is 0.918. The summed E-state index contributed by atoms with van der Waals surface area (Å²) in [5, 5.41) is 0. The second-order valence-electron chi connectivity index (χ2n) is 4.81. The Morgan fingerprint density at radius 1 is 0.944 bits per heavy atom. The Morgan fingerprint density at radius 3 is 2.44 bits per heavy atom. The van der Waals surface area contributed by atoms with Crippen molar-refractivity contribution in [2.75, 3.05) is 4.90 Å². The number of hydrogen-bond donors (Lipinski definition) is 0. The second kappa shape index (κ2) is 4.85. The summed E-state index contributed by atoms with van der Waals surface area (Å²) in [6, 6.07) is 17.6. The zero-order valence-corrected chi connectivity index (χ0v) is 10.8. The number of hydrogen-bond acceptors (Lipinski definition) is 1. The van der Waals surface area contributed by atoms with Gasteiger partial charge in [-0.25, -0.2) is 0 Å². The quantitative estimate of drug-likeness (QED) is 0.779. The number of rotatable bonds is 3. The molecule has 1 heterocycles. The molecule has 1 aliphatic rings. The Bertz CT molecular complexity index is 528. The molecule has 2 aromatic carbocycles. The maximum absolute atomic E-state index is 2.36. The van der Waals surface area contributed by atoms with Crippen molar-refractivity contribution >= 4 is 5.69 Å². The minimum atomic E-state index is 0.973.